The number of ether oxygens (including phenoxy) is 2. The molecule has 1 heterocycles. The van der Waals surface area contributed by atoms with Crippen molar-refractivity contribution in [3.63, 3.8) is 0 Å². The predicted molar refractivity (Wildman–Crippen MR) is 112 cm³/mol. The van der Waals surface area contributed by atoms with Gasteiger partial charge in [0.25, 0.3) is 5.91 Å². The second kappa shape index (κ2) is 9.28. The maximum atomic E-state index is 12.5. The van der Waals surface area contributed by atoms with Crippen LogP contribution in [0.1, 0.15) is 35.3 Å². The molecule has 0 saturated heterocycles. The number of fused-ring (bicyclic) bond motifs is 1. The van der Waals surface area contributed by atoms with E-state index in [9.17, 15) is 9.59 Å². The Morgan fingerprint density at radius 3 is 2.41 bits per heavy atom. The lowest BCUT2D eigenvalue weighted by Gasteiger charge is -2.17. The number of hydrogen-bond acceptors (Lipinski definition) is 4. The molecule has 0 spiro atoms. The van der Waals surface area contributed by atoms with Crippen molar-refractivity contribution in [1.82, 2.24) is 10.2 Å². The number of amides is 2. The van der Waals surface area contributed by atoms with E-state index in [-0.39, 0.29) is 18.4 Å². The van der Waals surface area contributed by atoms with Crippen LogP contribution in [0.4, 0.5) is 0 Å². The first-order valence-corrected chi connectivity index (χ1v) is 9.80. The van der Waals surface area contributed by atoms with Gasteiger partial charge >= 0.3 is 0 Å². The minimum absolute atomic E-state index is 0.0418. The first kappa shape index (κ1) is 20.5. The van der Waals surface area contributed by atoms with Crippen molar-refractivity contribution < 1.29 is 19.1 Å². The molecule has 0 atom stereocenters. The molecular weight excluding hydrogens is 368 g/mol. The highest BCUT2D eigenvalue weighted by Crippen LogP contribution is 2.31. The number of nitrogens with one attached hydrogen (secondary N) is 1. The maximum absolute atomic E-state index is 12.5. The predicted octanol–water partition coefficient (Wildman–Crippen LogP) is 3.27. The Labute approximate surface area is 171 Å². The average molecular weight is 394 g/mol. The second-order valence-electron chi connectivity index (χ2n) is 6.63. The van der Waals surface area contributed by atoms with E-state index in [2.05, 4.69) is 11.9 Å². The van der Waals surface area contributed by atoms with Crippen LogP contribution in [0.3, 0.4) is 0 Å². The highest BCUT2D eigenvalue weighted by molar-refractivity contribution is 6.10. The van der Waals surface area contributed by atoms with Crippen LogP contribution in [-0.2, 0) is 11.2 Å². The van der Waals surface area contributed by atoms with Gasteiger partial charge in [-0.2, -0.15) is 0 Å². The molecule has 0 fully saturated rings. The Morgan fingerprint density at radius 1 is 1.03 bits per heavy atom. The zero-order valence-electron chi connectivity index (χ0n) is 16.9. The van der Waals surface area contributed by atoms with Crippen molar-refractivity contribution in [3.8, 4) is 11.5 Å². The first-order chi connectivity index (χ1) is 14.0. The zero-order chi connectivity index (χ0) is 20.8. The number of carbonyl (C=O) groups is 2. The fourth-order valence-electron chi connectivity index (χ4n) is 3.30. The van der Waals surface area contributed by atoms with Gasteiger partial charge in [0.15, 0.2) is 11.5 Å². The molecule has 2 aromatic rings. The van der Waals surface area contributed by atoms with Crippen LogP contribution < -0.4 is 14.8 Å². The standard InChI is InChI=1S/C23H26N2O4/c1-4-28-20-11-10-17(14-21(20)29-5-2)12-13-24-22(26)15-25-16(3)18-8-6-7-9-19(18)23(25)27/h6-11,14H,3-5,12-13,15H2,1-2H3,(H,24,26). The number of hydrogen-bond donors (Lipinski definition) is 1. The van der Waals surface area contributed by atoms with Crippen molar-refractivity contribution in [1.29, 1.82) is 0 Å². The summed E-state index contributed by atoms with van der Waals surface area (Å²) < 4.78 is 11.2. The second-order valence-corrected chi connectivity index (χ2v) is 6.63. The maximum Gasteiger partial charge on any atom is 0.259 e. The van der Waals surface area contributed by atoms with Crippen molar-refractivity contribution in [2.45, 2.75) is 20.3 Å². The molecule has 0 saturated carbocycles. The van der Waals surface area contributed by atoms with Crippen molar-refractivity contribution in [2.24, 2.45) is 0 Å². The average Bonchev–Trinajstić information content (AvgIpc) is 2.95. The van der Waals surface area contributed by atoms with Gasteiger partial charge < -0.3 is 14.8 Å². The van der Waals surface area contributed by atoms with E-state index in [1.807, 2.05) is 44.2 Å². The van der Waals surface area contributed by atoms with Crippen LogP contribution in [0, 0.1) is 0 Å². The minimum Gasteiger partial charge on any atom is -0.490 e. The summed E-state index contributed by atoms with van der Waals surface area (Å²) in [6.07, 6.45) is 0.646. The Balaban J connectivity index is 1.54. The summed E-state index contributed by atoms with van der Waals surface area (Å²) in [6.45, 7) is 9.35. The highest BCUT2D eigenvalue weighted by atomic mass is 16.5. The number of benzene rings is 2. The van der Waals surface area contributed by atoms with Gasteiger partial charge in [-0.25, -0.2) is 0 Å². The summed E-state index contributed by atoms with van der Waals surface area (Å²) in [7, 11) is 0. The molecule has 6 nitrogen and oxygen atoms in total. The topological polar surface area (TPSA) is 67.9 Å². The van der Waals surface area contributed by atoms with Gasteiger partial charge in [0.2, 0.25) is 5.91 Å². The largest absolute Gasteiger partial charge is 0.490 e. The van der Waals surface area contributed by atoms with Gasteiger partial charge in [-0.15, -0.1) is 0 Å². The highest BCUT2D eigenvalue weighted by Gasteiger charge is 2.31. The molecule has 3 rings (SSSR count). The lowest BCUT2D eigenvalue weighted by Crippen LogP contribution is -2.37. The molecule has 152 valence electrons. The monoisotopic (exact) mass is 394 g/mol. The molecule has 29 heavy (non-hydrogen) atoms. The third kappa shape index (κ3) is 4.59. The SMILES string of the molecule is C=C1c2ccccc2C(=O)N1CC(=O)NCCc1ccc(OCC)c(OCC)c1. The smallest absolute Gasteiger partial charge is 0.259 e. The Morgan fingerprint density at radius 2 is 1.72 bits per heavy atom. The normalized spacial score (nSPS) is 12.7. The lowest BCUT2D eigenvalue weighted by atomic mass is 10.1. The molecule has 1 aliphatic heterocycles. The molecule has 0 aliphatic carbocycles. The van der Waals surface area contributed by atoms with Crippen molar-refractivity contribution in [3.05, 3.63) is 65.7 Å². The summed E-state index contributed by atoms with van der Waals surface area (Å²) in [5.41, 5.74) is 2.96. The van der Waals surface area contributed by atoms with Crippen LogP contribution in [0.15, 0.2) is 49.0 Å². The fraction of sp³-hybridized carbons (Fsp3) is 0.304. The van der Waals surface area contributed by atoms with Crippen molar-refractivity contribution in [2.75, 3.05) is 26.3 Å². The van der Waals surface area contributed by atoms with Gasteiger partial charge in [0.05, 0.1) is 13.2 Å². The summed E-state index contributed by atoms with van der Waals surface area (Å²) >= 11 is 0. The zero-order valence-corrected chi connectivity index (χ0v) is 16.9. The van der Waals surface area contributed by atoms with E-state index in [0.717, 1.165) is 11.1 Å². The van der Waals surface area contributed by atoms with E-state index in [1.54, 1.807) is 12.1 Å². The number of nitrogens with zero attached hydrogens (tertiary/aromatic N) is 1. The van der Waals surface area contributed by atoms with Crippen LogP contribution in [0.5, 0.6) is 11.5 Å². The minimum atomic E-state index is -0.219. The van der Waals surface area contributed by atoms with E-state index >= 15 is 0 Å². The van der Waals surface area contributed by atoms with Gasteiger partial charge in [0.1, 0.15) is 6.54 Å². The van der Waals surface area contributed by atoms with Crippen molar-refractivity contribution >= 4 is 17.5 Å². The summed E-state index contributed by atoms with van der Waals surface area (Å²) in [4.78, 5) is 26.3. The van der Waals surface area contributed by atoms with Gasteiger partial charge in [0, 0.05) is 23.4 Å². The fourth-order valence-corrected chi connectivity index (χ4v) is 3.30. The molecule has 0 radical (unpaired) electrons. The molecule has 0 unspecified atom stereocenters. The third-order valence-electron chi connectivity index (χ3n) is 4.68. The number of rotatable bonds is 9. The van der Waals surface area contributed by atoms with Crippen LogP contribution in [-0.4, -0.2) is 43.0 Å². The van der Waals surface area contributed by atoms with Crippen LogP contribution in [0.2, 0.25) is 0 Å². The molecule has 1 aliphatic rings. The summed E-state index contributed by atoms with van der Waals surface area (Å²) in [6, 6.07) is 13.0. The molecule has 0 aromatic heterocycles. The third-order valence-corrected chi connectivity index (χ3v) is 4.68. The number of carbonyl (C=O) groups excluding carboxylic acids is 2. The summed E-state index contributed by atoms with van der Waals surface area (Å²) in [5.74, 6) is 1.01. The van der Waals surface area contributed by atoms with E-state index < -0.39 is 0 Å². The Hall–Kier alpha value is -3.28. The van der Waals surface area contributed by atoms with Gasteiger partial charge in [-0.05, 0) is 44.0 Å². The van der Waals surface area contributed by atoms with Gasteiger partial charge in [-0.1, -0.05) is 30.8 Å². The molecule has 0 bridgehead atoms. The van der Waals surface area contributed by atoms with Crippen LogP contribution >= 0.6 is 0 Å². The van der Waals surface area contributed by atoms with E-state index in [1.165, 1.54) is 4.90 Å². The molecule has 2 aromatic carbocycles. The van der Waals surface area contributed by atoms with E-state index in [4.69, 9.17) is 9.47 Å². The lowest BCUT2D eigenvalue weighted by molar-refractivity contribution is -0.121. The quantitative estimate of drug-likeness (QED) is 0.709. The first-order valence-electron chi connectivity index (χ1n) is 9.80. The molecule has 6 heteroatoms. The molecular formula is C23H26N2O4. The summed E-state index contributed by atoms with van der Waals surface area (Å²) in [5, 5.41) is 2.87. The molecule has 2 amide bonds. The van der Waals surface area contributed by atoms with E-state index in [0.29, 0.717) is 48.9 Å². The molecule has 1 N–H and O–H groups in total. The van der Waals surface area contributed by atoms with Crippen LogP contribution in [0.25, 0.3) is 5.70 Å². The Kier molecular flexibility index (Phi) is 6.54. The Bertz CT molecular complexity index is 888. The van der Waals surface area contributed by atoms with Gasteiger partial charge in [-0.3, -0.25) is 14.5 Å².